The van der Waals surface area contributed by atoms with Gasteiger partial charge in [0.15, 0.2) is 0 Å². The van der Waals surface area contributed by atoms with E-state index < -0.39 is 0 Å². The predicted molar refractivity (Wildman–Crippen MR) is 96.0 cm³/mol. The highest BCUT2D eigenvalue weighted by atomic mass is 16.3. The lowest BCUT2D eigenvalue weighted by atomic mass is 9.98. The van der Waals surface area contributed by atoms with Crippen LogP contribution in [0.4, 0.5) is 5.69 Å². The third-order valence-electron chi connectivity index (χ3n) is 4.89. The molecule has 0 radical (unpaired) electrons. The van der Waals surface area contributed by atoms with E-state index in [9.17, 15) is 5.11 Å². The molecule has 124 valence electrons. The van der Waals surface area contributed by atoms with Gasteiger partial charge >= 0.3 is 0 Å². The molecule has 0 bridgehead atoms. The molecule has 0 atom stereocenters. The first kappa shape index (κ1) is 16.2. The van der Waals surface area contributed by atoms with E-state index in [2.05, 4.69) is 47.2 Å². The van der Waals surface area contributed by atoms with E-state index in [0.717, 1.165) is 44.5 Å². The number of aryl methyl sites for hydroxylation is 2. The molecule has 3 rings (SSSR count). The number of anilines is 1. The average Bonchev–Trinajstić information content (AvgIpc) is 2.56. The Balaban J connectivity index is 1.62. The molecule has 4 nitrogen and oxygen atoms in total. The summed E-state index contributed by atoms with van der Waals surface area (Å²) in [5.74, 6) is 0.509. The summed E-state index contributed by atoms with van der Waals surface area (Å²) in [6, 6.07) is 6.47. The maximum absolute atomic E-state index is 9.21. The molecule has 1 fully saturated rings. The fourth-order valence-corrected chi connectivity index (χ4v) is 3.51. The molecule has 2 heterocycles. The van der Waals surface area contributed by atoms with Crippen molar-refractivity contribution in [2.45, 2.75) is 26.7 Å². The number of aliphatic hydroxyl groups is 1. The van der Waals surface area contributed by atoms with Crippen LogP contribution in [0.25, 0.3) is 10.9 Å². The molecule has 23 heavy (non-hydrogen) atoms. The number of nitrogens with one attached hydrogen (secondary N) is 1. The van der Waals surface area contributed by atoms with Gasteiger partial charge in [0, 0.05) is 37.0 Å². The Morgan fingerprint density at radius 1 is 1.26 bits per heavy atom. The van der Waals surface area contributed by atoms with E-state index in [4.69, 9.17) is 0 Å². The van der Waals surface area contributed by atoms with Crippen LogP contribution in [0.15, 0.2) is 24.4 Å². The zero-order chi connectivity index (χ0) is 16.2. The first-order chi connectivity index (χ1) is 11.2. The summed E-state index contributed by atoms with van der Waals surface area (Å²) in [5.41, 5.74) is 4.77. The molecular weight excluding hydrogens is 286 g/mol. The second-order valence-electron chi connectivity index (χ2n) is 6.73. The van der Waals surface area contributed by atoms with Crippen molar-refractivity contribution >= 4 is 16.6 Å². The Labute approximate surface area is 138 Å². The van der Waals surface area contributed by atoms with Gasteiger partial charge in [-0.15, -0.1) is 0 Å². The Bertz CT molecular complexity index is 663. The smallest absolute Gasteiger partial charge is 0.0752 e. The van der Waals surface area contributed by atoms with Crippen LogP contribution in [0.3, 0.4) is 0 Å². The van der Waals surface area contributed by atoms with Gasteiger partial charge in [0.1, 0.15) is 0 Å². The SMILES string of the molecule is Cc1cc(C)c2nccc(NCCN3CCC(CO)CC3)c2c1. The van der Waals surface area contributed by atoms with Gasteiger partial charge in [-0.2, -0.15) is 0 Å². The van der Waals surface area contributed by atoms with E-state index in [0.29, 0.717) is 12.5 Å². The molecule has 1 aromatic carbocycles. The number of fused-ring (bicyclic) bond motifs is 1. The van der Waals surface area contributed by atoms with E-state index >= 15 is 0 Å². The topological polar surface area (TPSA) is 48.4 Å². The van der Waals surface area contributed by atoms with Crippen molar-refractivity contribution in [3.63, 3.8) is 0 Å². The first-order valence-corrected chi connectivity index (χ1v) is 8.60. The number of pyridine rings is 1. The van der Waals surface area contributed by atoms with Gasteiger partial charge in [0.2, 0.25) is 0 Å². The highest BCUT2D eigenvalue weighted by Gasteiger charge is 2.17. The monoisotopic (exact) mass is 313 g/mol. The summed E-state index contributed by atoms with van der Waals surface area (Å²) < 4.78 is 0. The van der Waals surface area contributed by atoms with E-state index in [1.807, 2.05) is 6.20 Å². The van der Waals surface area contributed by atoms with Crippen molar-refractivity contribution in [1.82, 2.24) is 9.88 Å². The lowest BCUT2D eigenvalue weighted by molar-refractivity contribution is 0.134. The normalized spacial score (nSPS) is 16.8. The quantitative estimate of drug-likeness (QED) is 0.891. The summed E-state index contributed by atoms with van der Waals surface area (Å²) in [4.78, 5) is 7.01. The number of likely N-dealkylation sites (tertiary alicyclic amines) is 1. The number of nitrogens with zero attached hydrogens (tertiary/aromatic N) is 2. The highest BCUT2D eigenvalue weighted by molar-refractivity contribution is 5.93. The second-order valence-corrected chi connectivity index (χ2v) is 6.73. The van der Waals surface area contributed by atoms with Gasteiger partial charge in [0.25, 0.3) is 0 Å². The lowest BCUT2D eigenvalue weighted by Crippen LogP contribution is -2.37. The fraction of sp³-hybridized carbons (Fsp3) is 0.526. The Kier molecular flexibility index (Phi) is 5.13. The van der Waals surface area contributed by atoms with Gasteiger partial charge in [-0.05, 0) is 63.4 Å². The van der Waals surface area contributed by atoms with Crippen LogP contribution in [0.2, 0.25) is 0 Å². The van der Waals surface area contributed by atoms with Crippen LogP contribution >= 0.6 is 0 Å². The zero-order valence-corrected chi connectivity index (χ0v) is 14.2. The van der Waals surface area contributed by atoms with Gasteiger partial charge in [-0.25, -0.2) is 0 Å². The minimum Gasteiger partial charge on any atom is -0.396 e. The van der Waals surface area contributed by atoms with Crippen LogP contribution in [0.1, 0.15) is 24.0 Å². The summed E-state index contributed by atoms with van der Waals surface area (Å²) in [6.07, 6.45) is 4.12. The molecule has 0 saturated carbocycles. The van der Waals surface area contributed by atoms with Crippen LogP contribution in [0.5, 0.6) is 0 Å². The molecular formula is C19H27N3O. The van der Waals surface area contributed by atoms with Gasteiger partial charge in [0.05, 0.1) is 5.52 Å². The lowest BCUT2D eigenvalue weighted by Gasteiger charge is -2.31. The van der Waals surface area contributed by atoms with Crippen LogP contribution in [-0.2, 0) is 0 Å². The third-order valence-corrected chi connectivity index (χ3v) is 4.89. The van der Waals surface area contributed by atoms with Gasteiger partial charge in [-0.1, -0.05) is 11.6 Å². The van der Waals surface area contributed by atoms with Gasteiger partial charge < -0.3 is 15.3 Å². The molecule has 0 amide bonds. The summed E-state index contributed by atoms with van der Waals surface area (Å²) >= 11 is 0. The van der Waals surface area contributed by atoms with Crippen molar-refractivity contribution < 1.29 is 5.11 Å². The number of benzene rings is 1. The minimum absolute atomic E-state index is 0.341. The maximum Gasteiger partial charge on any atom is 0.0752 e. The molecule has 0 unspecified atom stereocenters. The van der Waals surface area contributed by atoms with Gasteiger partial charge in [-0.3, -0.25) is 4.98 Å². The molecule has 0 spiro atoms. The standard InChI is InChI=1S/C19H27N3O/c1-14-11-15(2)19-17(12-14)18(3-6-21-19)20-7-10-22-8-4-16(13-23)5-9-22/h3,6,11-12,16,23H,4-5,7-10,13H2,1-2H3,(H,20,21). The van der Waals surface area contributed by atoms with Crippen molar-refractivity contribution in [2.75, 3.05) is 38.1 Å². The van der Waals surface area contributed by atoms with E-state index in [1.165, 1.54) is 22.2 Å². The largest absolute Gasteiger partial charge is 0.396 e. The summed E-state index contributed by atoms with van der Waals surface area (Å²) in [6.45, 7) is 8.78. The molecule has 2 aromatic rings. The molecule has 1 aliphatic heterocycles. The summed E-state index contributed by atoms with van der Waals surface area (Å²) in [5, 5.41) is 14.0. The molecule has 0 aliphatic carbocycles. The molecule has 1 saturated heterocycles. The van der Waals surface area contributed by atoms with E-state index in [1.54, 1.807) is 0 Å². The van der Waals surface area contributed by atoms with E-state index in [-0.39, 0.29) is 0 Å². The Hall–Kier alpha value is -1.65. The predicted octanol–water partition coefficient (Wildman–Crippen LogP) is 2.97. The number of aromatic nitrogens is 1. The van der Waals surface area contributed by atoms with Crippen LogP contribution in [-0.4, -0.2) is 47.8 Å². The third kappa shape index (κ3) is 3.82. The number of piperidine rings is 1. The van der Waals surface area contributed by atoms with Crippen LogP contribution < -0.4 is 5.32 Å². The summed E-state index contributed by atoms with van der Waals surface area (Å²) in [7, 11) is 0. The fourth-order valence-electron chi connectivity index (χ4n) is 3.51. The molecule has 4 heteroatoms. The minimum atomic E-state index is 0.341. The number of hydrogen-bond acceptors (Lipinski definition) is 4. The average molecular weight is 313 g/mol. The molecule has 1 aliphatic rings. The van der Waals surface area contributed by atoms with Crippen LogP contribution in [0, 0.1) is 19.8 Å². The Morgan fingerprint density at radius 2 is 2.04 bits per heavy atom. The van der Waals surface area contributed by atoms with Crippen molar-refractivity contribution in [2.24, 2.45) is 5.92 Å². The van der Waals surface area contributed by atoms with Crippen molar-refractivity contribution in [3.05, 3.63) is 35.5 Å². The molecule has 1 aromatic heterocycles. The highest BCUT2D eigenvalue weighted by Crippen LogP contribution is 2.25. The maximum atomic E-state index is 9.21. The second kappa shape index (κ2) is 7.28. The number of rotatable bonds is 5. The number of aliphatic hydroxyl groups excluding tert-OH is 1. The van der Waals surface area contributed by atoms with Crippen molar-refractivity contribution in [1.29, 1.82) is 0 Å². The Morgan fingerprint density at radius 3 is 2.78 bits per heavy atom. The number of hydrogen-bond donors (Lipinski definition) is 2. The van der Waals surface area contributed by atoms with Crippen molar-refractivity contribution in [3.8, 4) is 0 Å². The zero-order valence-electron chi connectivity index (χ0n) is 14.2. The first-order valence-electron chi connectivity index (χ1n) is 8.60. The molecule has 2 N–H and O–H groups in total.